The van der Waals surface area contributed by atoms with Crippen molar-refractivity contribution in [3.8, 4) is 0 Å². The Labute approximate surface area is 136 Å². The minimum Gasteiger partial charge on any atom is -0.457 e. The summed E-state index contributed by atoms with van der Waals surface area (Å²) >= 11 is 8.63. The summed E-state index contributed by atoms with van der Waals surface area (Å²) in [6.07, 6.45) is -0.301. The van der Waals surface area contributed by atoms with Gasteiger partial charge in [0.15, 0.2) is 0 Å². The molecule has 4 heteroatoms. The zero-order valence-corrected chi connectivity index (χ0v) is 13.5. The Morgan fingerprint density at radius 2 is 1.38 bits per heavy atom. The van der Waals surface area contributed by atoms with Crippen LogP contribution in [0, 0.1) is 0 Å². The first kappa shape index (κ1) is 16.0. The van der Waals surface area contributed by atoms with E-state index in [0.29, 0.717) is 0 Å². The number of benzene rings is 2. The van der Waals surface area contributed by atoms with Gasteiger partial charge < -0.3 is 4.74 Å². The summed E-state index contributed by atoms with van der Waals surface area (Å²) in [5.74, 6) is -0.809. The lowest BCUT2D eigenvalue weighted by Gasteiger charge is -2.21. The van der Waals surface area contributed by atoms with Crippen molar-refractivity contribution in [2.24, 2.45) is 0 Å². The number of esters is 1. The molecule has 110 valence electrons. The molecular weight excluding hydrogens is 300 g/mol. The maximum absolute atomic E-state index is 12.4. The minimum absolute atomic E-state index is 0.301. The molecule has 0 bridgehead atoms. The van der Waals surface area contributed by atoms with E-state index in [0.717, 1.165) is 11.1 Å². The van der Waals surface area contributed by atoms with Crippen LogP contribution in [0.15, 0.2) is 60.7 Å². The van der Waals surface area contributed by atoms with Crippen molar-refractivity contribution >= 4 is 31.2 Å². The summed E-state index contributed by atoms with van der Waals surface area (Å²) in [4.78, 5) is 12.4. The van der Waals surface area contributed by atoms with Crippen molar-refractivity contribution in [3.63, 3.8) is 0 Å². The second-order valence-corrected chi connectivity index (χ2v) is 6.31. The third kappa shape index (κ3) is 4.29. The quantitative estimate of drug-likeness (QED) is 0.489. The van der Waals surface area contributed by atoms with Crippen molar-refractivity contribution in [3.05, 3.63) is 71.8 Å². The predicted molar refractivity (Wildman–Crippen MR) is 91.9 cm³/mol. The molecule has 0 N–H and O–H groups in total. The fourth-order valence-electron chi connectivity index (χ4n) is 2.13. The average molecular weight is 318 g/mol. The summed E-state index contributed by atoms with van der Waals surface area (Å²) in [5.41, 5.74) is 1.82. The van der Waals surface area contributed by atoms with Gasteiger partial charge >= 0.3 is 5.97 Å². The largest absolute Gasteiger partial charge is 0.457 e. The SMILES string of the molecule is CC(OC(=O)C(c1ccccc1)C(S)S)c1ccccc1. The zero-order valence-electron chi connectivity index (χ0n) is 11.7. The van der Waals surface area contributed by atoms with Crippen LogP contribution < -0.4 is 0 Å². The number of carbonyl (C=O) groups excluding carboxylic acids is 1. The Balaban J connectivity index is 2.13. The highest BCUT2D eigenvalue weighted by Crippen LogP contribution is 2.29. The fraction of sp³-hybridized carbons (Fsp3) is 0.235. The van der Waals surface area contributed by atoms with Crippen LogP contribution in [0.25, 0.3) is 0 Å². The fourth-order valence-corrected chi connectivity index (χ4v) is 2.72. The van der Waals surface area contributed by atoms with Crippen LogP contribution in [-0.4, -0.2) is 10.6 Å². The van der Waals surface area contributed by atoms with E-state index >= 15 is 0 Å². The first-order chi connectivity index (χ1) is 10.1. The van der Waals surface area contributed by atoms with Gasteiger partial charge in [0.1, 0.15) is 12.0 Å². The number of hydrogen-bond donors (Lipinski definition) is 2. The lowest BCUT2D eigenvalue weighted by molar-refractivity contribution is -0.150. The molecule has 0 fully saturated rings. The first-order valence-electron chi connectivity index (χ1n) is 6.76. The van der Waals surface area contributed by atoms with Crippen molar-refractivity contribution in [1.82, 2.24) is 0 Å². The van der Waals surface area contributed by atoms with Crippen molar-refractivity contribution in [1.29, 1.82) is 0 Å². The number of ether oxygens (including phenoxy) is 1. The molecule has 2 nitrogen and oxygen atoms in total. The average Bonchev–Trinajstić information content (AvgIpc) is 2.49. The van der Waals surface area contributed by atoms with Crippen LogP contribution in [0.2, 0.25) is 0 Å². The monoisotopic (exact) mass is 318 g/mol. The zero-order chi connectivity index (χ0) is 15.2. The van der Waals surface area contributed by atoms with Gasteiger partial charge in [-0.25, -0.2) is 0 Å². The van der Waals surface area contributed by atoms with E-state index < -0.39 is 10.5 Å². The highest BCUT2D eigenvalue weighted by molar-refractivity contribution is 7.99. The van der Waals surface area contributed by atoms with Gasteiger partial charge in [0.25, 0.3) is 0 Å². The minimum atomic E-state index is -0.496. The second kappa shape index (κ2) is 7.57. The smallest absolute Gasteiger partial charge is 0.316 e. The van der Waals surface area contributed by atoms with Crippen molar-refractivity contribution in [2.45, 2.75) is 23.5 Å². The molecule has 0 saturated heterocycles. The van der Waals surface area contributed by atoms with E-state index in [9.17, 15) is 4.79 Å². The van der Waals surface area contributed by atoms with Crippen LogP contribution in [0.3, 0.4) is 0 Å². The normalized spacial score (nSPS) is 13.7. The second-order valence-electron chi connectivity index (χ2n) is 4.79. The van der Waals surface area contributed by atoms with Crippen LogP contribution in [0.5, 0.6) is 0 Å². The Morgan fingerprint density at radius 3 is 1.86 bits per heavy atom. The molecule has 0 aliphatic carbocycles. The number of thiol groups is 2. The molecule has 2 aromatic carbocycles. The summed E-state index contributed by atoms with van der Waals surface area (Å²) in [7, 11) is 0. The molecule has 0 aliphatic rings. The molecule has 2 rings (SSSR count). The summed E-state index contributed by atoms with van der Waals surface area (Å²) in [6, 6.07) is 19.1. The Morgan fingerprint density at radius 1 is 0.905 bits per heavy atom. The van der Waals surface area contributed by atoms with Crippen LogP contribution in [-0.2, 0) is 9.53 Å². The molecule has 0 radical (unpaired) electrons. The van der Waals surface area contributed by atoms with Crippen LogP contribution >= 0.6 is 25.3 Å². The molecule has 21 heavy (non-hydrogen) atoms. The highest BCUT2D eigenvalue weighted by atomic mass is 32.2. The topological polar surface area (TPSA) is 26.3 Å². The summed E-state index contributed by atoms with van der Waals surface area (Å²) in [6.45, 7) is 1.86. The van der Waals surface area contributed by atoms with E-state index in [-0.39, 0.29) is 12.1 Å². The van der Waals surface area contributed by atoms with Gasteiger partial charge in [0.05, 0.1) is 4.58 Å². The number of carbonyl (C=O) groups is 1. The van der Waals surface area contributed by atoms with E-state index in [1.807, 2.05) is 67.6 Å². The molecule has 0 aliphatic heterocycles. The van der Waals surface area contributed by atoms with E-state index in [4.69, 9.17) is 4.74 Å². The lowest BCUT2D eigenvalue weighted by atomic mass is 10.0. The molecule has 0 heterocycles. The molecule has 0 saturated carbocycles. The molecule has 0 aromatic heterocycles. The Bertz CT molecular complexity index is 570. The van der Waals surface area contributed by atoms with Gasteiger partial charge in [-0.05, 0) is 18.1 Å². The maximum atomic E-state index is 12.4. The van der Waals surface area contributed by atoms with Crippen molar-refractivity contribution < 1.29 is 9.53 Å². The van der Waals surface area contributed by atoms with Gasteiger partial charge in [-0.2, -0.15) is 25.3 Å². The molecule has 2 unspecified atom stereocenters. The van der Waals surface area contributed by atoms with Gasteiger partial charge in [0, 0.05) is 0 Å². The van der Waals surface area contributed by atoms with Gasteiger partial charge in [-0.15, -0.1) is 0 Å². The number of hydrogen-bond acceptors (Lipinski definition) is 4. The third-order valence-electron chi connectivity index (χ3n) is 3.27. The Hall–Kier alpha value is -1.39. The van der Waals surface area contributed by atoms with E-state index in [1.54, 1.807) is 0 Å². The standard InChI is InChI=1S/C17H18O2S2/c1-12(13-8-4-2-5-9-13)19-16(18)15(17(20)21)14-10-6-3-7-11-14/h2-12,15,17,20-21H,1H3. The Kier molecular flexibility index (Phi) is 5.76. The van der Waals surface area contributed by atoms with E-state index in [2.05, 4.69) is 25.3 Å². The van der Waals surface area contributed by atoms with Crippen LogP contribution in [0.1, 0.15) is 30.1 Å². The highest BCUT2D eigenvalue weighted by Gasteiger charge is 2.28. The molecule has 0 spiro atoms. The molecule has 2 aromatic rings. The first-order valence-corrected chi connectivity index (χ1v) is 7.79. The van der Waals surface area contributed by atoms with Gasteiger partial charge in [-0.1, -0.05) is 60.7 Å². The maximum Gasteiger partial charge on any atom is 0.316 e. The molecule has 0 amide bonds. The summed E-state index contributed by atoms with van der Waals surface area (Å²) in [5, 5.41) is 0. The van der Waals surface area contributed by atoms with Crippen molar-refractivity contribution in [2.75, 3.05) is 0 Å². The van der Waals surface area contributed by atoms with Gasteiger partial charge in [0.2, 0.25) is 0 Å². The molecule has 2 atom stereocenters. The predicted octanol–water partition coefficient (Wildman–Crippen LogP) is 4.26. The van der Waals surface area contributed by atoms with Gasteiger partial charge in [-0.3, -0.25) is 4.79 Å². The van der Waals surface area contributed by atoms with E-state index in [1.165, 1.54) is 0 Å². The molecular formula is C17H18O2S2. The van der Waals surface area contributed by atoms with Crippen LogP contribution in [0.4, 0.5) is 0 Å². The third-order valence-corrected chi connectivity index (χ3v) is 3.87. The number of rotatable bonds is 5. The summed E-state index contributed by atoms with van der Waals surface area (Å²) < 4.78 is 5.16. The lowest BCUT2D eigenvalue weighted by Crippen LogP contribution is -2.22.